The Balaban J connectivity index is 1.20. The predicted molar refractivity (Wildman–Crippen MR) is 155 cm³/mol. The number of aromatic nitrogens is 4. The first-order valence-electron chi connectivity index (χ1n) is 12.8. The van der Waals surface area contributed by atoms with Gasteiger partial charge in [-0.3, -0.25) is 14.1 Å². The third-order valence-corrected chi connectivity index (χ3v) is 9.05. The third-order valence-electron chi connectivity index (χ3n) is 7.47. The van der Waals surface area contributed by atoms with Gasteiger partial charge in [0, 0.05) is 59.3 Å². The third kappa shape index (κ3) is 4.73. The van der Waals surface area contributed by atoms with Crippen LogP contribution >= 0.6 is 23.4 Å². The molecule has 1 aromatic carbocycles. The van der Waals surface area contributed by atoms with E-state index in [2.05, 4.69) is 32.8 Å². The average Bonchev–Trinajstić information content (AvgIpc) is 3.52. The largest absolute Gasteiger partial charge is 0.382 e. The van der Waals surface area contributed by atoms with Gasteiger partial charge in [0.25, 0.3) is 0 Å². The molecule has 6 rings (SSSR count). The van der Waals surface area contributed by atoms with Gasteiger partial charge in [-0.2, -0.15) is 0 Å². The maximum absolute atomic E-state index is 13.7. The van der Waals surface area contributed by atoms with Gasteiger partial charge >= 0.3 is 0 Å². The van der Waals surface area contributed by atoms with Crippen molar-refractivity contribution >= 4 is 46.6 Å². The number of rotatable bonds is 4. The number of nitrogen functional groups attached to an aromatic ring is 1. The average molecular weight is 558 g/mol. The molecule has 1 aliphatic heterocycles. The van der Waals surface area contributed by atoms with Crippen molar-refractivity contribution in [2.24, 2.45) is 5.41 Å². The van der Waals surface area contributed by atoms with E-state index in [0.717, 1.165) is 70.4 Å². The minimum Gasteiger partial charge on any atom is -0.382 e. The van der Waals surface area contributed by atoms with Crippen LogP contribution in [-0.2, 0) is 6.42 Å². The Bertz CT molecular complexity index is 1650. The van der Waals surface area contributed by atoms with Crippen molar-refractivity contribution in [1.29, 1.82) is 0 Å². The molecule has 39 heavy (non-hydrogen) atoms. The van der Waals surface area contributed by atoms with Gasteiger partial charge in [-0.05, 0) is 57.1 Å². The summed E-state index contributed by atoms with van der Waals surface area (Å²) in [5, 5.41) is 0.424. The molecule has 3 aromatic heterocycles. The summed E-state index contributed by atoms with van der Waals surface area (Å²) in [5.74, 6) is 7.74. The fourth-order valence-electron chi connectivity index (χ4n) is 5.42. The summed E-state index contributed by atoms with van der Waals surface area (Å²) in [6.07, 6.45) is 9.51. The van der Waals surface area contributed by atoms with E-state index in [1.54, 1.807) is 12.4 Å². The van der Waals surface area contributed by atoms with E-state index in [-0.39, 0.29) is 11.2 Å². The fourth-order valence-corrected chi connectivity index (χ4v) is 6.55. The molecule has 10 heteroatoms. The first-order chi connectivity index (χ1) is 18.8. The molecule has 1 spiro atoms. The number of nitrogens with zero attached hydrogens (tertiary/aromatic N) is 6. The highest BCUT2D eigenvalue weighted by Crippen LogP contribution is 2.45. The molecular formula is C29H28ClN7OS. The van der Waals surface area contributed by atoms with Crippen LogP contribution in [-0.4, -0.2) is 63.8 Å². The Morgan fingerprint density at radius 1 is 1.13 bits per heavy atom. The van der Waals surface area contributed by atoms with Gasteiger partial charge in [0.1, 0.15) is 5.82 Å². The molecule has 1 aliphatic carbocycles. The minimum atomic E-state index is -0.351. The second-order valence-electron chi connectivity index (χ2n) is 10.3. The quantitative estimate of drug-likeness (QED) is 0.368. The van der Waals surface area contributed by atoms with Gasteiger partial charge in [-0.15, -0.1) is 0 Å². The van der Waals surface area contributed by atoms with Crippen LogP contribution in [0.25, 0.3) is 5.65 Å². The Hall–Kier alpha value is -3.58. The topological polar surface area (TPSA) is 92.7 Å². The van der Waals surface area contributed by atoms with Gasteiger partial charge in [-0.1, -0.05) is 41.3 Å². The molecule has 0 unspecified atom stereocenters. The summed E-state index contributed by atoms with van der Waals surface area (Å²) in [4.78, 5) is 33.0. The lowest BCUT2D eigenvalue weighted by atomic mass is 9.75. The zero-order chi connectivity index (χ0) is 27.1. The van der Waals surface area contributed by atoms with E-state index >= 15 is 0 Å². The highest BCUT2D eigenvalue weighted by molar-refractivity contribution is 7.99. The smallest absolute Gasteiger partial charge is 0.211 e. The number of hydrogen-bond acceptors (Lipinski definition) is 8. The number of halogens is 1. The lowest BCUT2D eigenvalue weighted by molar-refractivity contribution is 0.0774. The fraction of sp³-hybridized carbons (Fsp3) is 0.310. The van der Waals surface area contributed by atoms with E-state index in [4.69, 9.17) is 22.3 Å². The van der Waals surface area contributed by atoms with Crippen LogP contribution in [0.2, 0.25) is 5.02 Å². The molecule has 8 nitrogen and oxygen atoms in total. The lowest BCUT2D eigenvalue weighted by Crippen LogP contribution is -2.44. The maximum Gasteiger partial charge on any atom is 0.211 e. The molecule has 0 atom stereocenters. The summed E-state index contributed by atoms with van der Waals surface area (Å²) in [5.41, 5.74) is 9.20. The van der Waals surface area contributed by atoms with Gasteiger partial charge in [0.2, 0.25) is 5.95 Å². The molecule has 1 fully saturated rings. The molecular weight excluding hydrogens is 530 g/mol. The zero-order valence-electron chi connectivity index (χ0n) is 21.8. The minimum absolute atomic E-state index is 0.259. The number of piperidine rings is 1. The van der Waals surface area contributed by atoms with Crippen LogP contribution < -0.4 is 10.6 Å². The van der Waals surface area contributed by atoms with Crippen molar-refractivity contribution in [3.8, 4) is 11.8 Å². The predicted octanol–water partition coefficient (Wildman–Crippen LogP) is 4.45. The van der Waals surface area contributed by atoms with Crippen molar-refractivity contribution in [3.63, 3.8) is 0 Å². The van der Waals surface area contributed by atoms with E-state index in [1.165, 1.54) is 11.8 Å². The Labute approximate surface area is 236 Å². The van der Waals surface area contributed by atoms with Crippen LogP contribution in [0, 0.1) is 17.3 Å². The van der Waals surface area contributed by atoms with E-state index in [0.29, 0.717) is 17.4 Å². The molecule has 198 valence electrons. The number of carbonyl (C=O) groups excluding carboxylic acids is 1. The van der Waals surface area contributed by atoms with E-state index in [1.807, 2.05) is 54.0 Å². The number of anilines is 2. The maximum atomic E-state index is 13.7. The van der Waals surface area contributed by atoms with Gasteiger partial charge in [0.05, 0.1) is 16.5 Å². The number of imidazole rings is 1. The number of nitrogens with two attached hydrogens (primary N) is 1. The first kappa shape index (κ1) is 25.7. The number of hydrogen-bond donors (Lipinski definition) is 1. The monoisotopic (exact) mass is 557 g/mol. The van der Waals surface area contributed by atoms with Crippen LogP contribution in [0.15, 0.2) is 58.8 Å². The Kier molecular flexibility index (Phi) is 6.71. The number of benzene rings is 1. The van der Waals surface area contributed by atoms with Crippen molar-refractivity contribution < 1.29 is 4.79 Å². The number of carbonyl (C=O) groups is 1. The highest BCUT2D eigenvalue weighted by Gasteiger charge is 2.47. The Morgan fingerprint density at radius 3 is 2.74 bits per heavy atom. The normalized spacial score (nSPS) is 16.1. The number of ketones is 1. The number of fused-ring (bicyclic) bond motifs is 2. The molecule has 0 amide bonds. The Morgan fingerprint density at radius 2 is 1.95 bits per heavy atom. The molecule has 0 radical (unpaired) electrons. The molecule has 2 aliphatic rings. The molecule has 0 bridgehead atoms. The summed E-state index contributed by atoms with van der Waals surface area (Å²) in [6.45, 7) is 2.18. The molecule has 4 heterocycles. The van der Waals surface area contributed by atoms with Gasteiger partial charge in [0.15, 0.2) is 11.4 Å². The SMILES string of the molecule is CN(C)CC#Cc1ccc2c(c1)C(=O)C1(CCN(c3ncc(Sc4ccnc(N)c4Cl)c4nccn34)CC1)C2. The summed E-state index contributed by atoms with van der Waals surface area (Å²) in [6, 6.07) is 7.94. The summed E-state index contributed by atoms with van der Waals surface area (Å²) >= 11 is 7.83. The highest BCUT2D eigenvalue weighted by atomic mass is 35.5. The standard InChI is InChI=1S/C29H28ClN7OS/c1-35(2)12-3-4-19-5-6-20-17-29(25(38)21(20)16-19)8-13-36(14-9-29)28-34-18-23(27-33-11-15-37(27)28)39-22-7-10-32-26(31)24(22)30/h5-7,10-11,15-16,18H,8-9,12-14,17H2,1-2H3,(H2,31,32). The van der Waals surface area contributed by atoms with Crippen molar-refractivity contribution in [1.82, 2.24) is 24.3 Å². The molecule has 1 saturated heterocycles. The van der Waals surface area contributed by atoms with Gasteiger partial charge < -0.3 is 10.6 Å². The molecule has 4 aromatic rings. The van der Waals surface area contributed by atoms with E-state index in [9.17, 15) is 4.79 Å². The van der Waals surface area contributed by atoms with E-state index < -0.39 is 0 Å². The van der Waals surface area contributed by atoms with Crippen LogP contribution in [0.5, 0.6) is 0 Å². The van der Waals surface area contributed by atoms with Crippen LogP contribution in [0.1, 0.15) is 34.3 Å². The van der Waals surface area contributed by atoms with Crippen molar-refractivity contribution in [3.05, 3.63) is 70.8 Å². The summed E-state index contributed by atoms with van der Waals surface area (Å²) in [7, 11) is 3.99. The van der Waals surface area contributed by atoms with Gasteiger partial charge in [-0.25, -0.2) is 15.0 Å². The lowest BCUT2D eigenvalue weighted by Gasteiger charge is -2.38. The molecule has 2 N–H and O–H groups in total. The van der Waals surface area contributed by atoms with Crippen molar-refractivity contribution in [2.45, 2.75) is 29.1 Å². The second kappa shape index (κ2) is 10.2. The zero-order valence-corrected chi connectivity index (χ0v) is 23.4. The number of Topliss-reactive ketones (excluding diaryl/α,β-unsaturated/α-hetero) is 1. The van der Waals surface area contributed by atoms with Crippen molar-refractivity contribution in [2.75, 3.05) is 44.4 Å². The van der Waals surface area contributed by atoms with Crippen LogP contribution in [0.3, 0.4) is 0 Å². The van der Waals surface area contributed by atoms with Crippen LogP contribution in [0.4, 0.5) is 11.8 Å². The second-order valence-corrected chi connectivity index (χ2v) is 11.8. The molecule has 0 saturated carbocycles. The first-order valence-corrected chi connectivity index (χ1v) is 14.0. The number of pyridine rings is 1. The summed E-state index contributed by atoms with van der Waals surface area (Å²) < 4.78 is 2.00.